The lowest BCUT2D eigenvalue weighted by Gasteiger charge is -2.09. The Morgan fingerprint density at radius 1 is 1.77 bits per heavy atom. The van der Waals surface area contributed by atoms with Gasteiger partial charge in [-0.2, -0.15) is 0 Å². The molecule has 0 aliphatic heterocycles. The summed E-state index contributed by atoms with van der Waals surface area (Å²) in [5, 5.41) is 6.36. The van der Waals surface area contributed by atoms with Gasteiger partial charge in [0, 0.05) is 11.5 Å². The number of anilines is 1. The number of aromatic nitrogens is 1. The lowest BCUT2D eigenvalue weighted by molar-refractivity contribution is -0.121. The van der Waals surface area contributed by atoms with E-state index in [1.807, 2.05) is 6.92 Å². The van der Waals surface area contributed by atoms with Crippen LogP contribution in [0, 0.1) is 5.41 Å². The van der Waals surface area contributed by atoms with Gasteiger partial charge in [0.1, 0.15) is 6.26 Å². The van der Waals surface area contributed by atoms with Crippen molar-refractivity contribution in [3.05, 3.63) is 12.3 Å². The first-order chi connectivity index (χ1) is 6.27. The Morgan fingerprint density at radius 3 is 3.00 bits per heavy atom. The highest BCUT2D eigenvalue weighted by atomic mass is 16.5. The molecule has 4 nitrogen and oxygen atoms in total. The number of rotatable bonds is 3. The Kier molecular flexibility index (Phi) is 1.83. The summed E-state index contributed by atoms with van der Waals surface area (Å²) in [5.74, 6) is 0.577. The molecule has 1 aliphatic carbocycles. The van der Waals surface area contributed by atoms with Crippen molar-refractivity contribution in [3.63, 3.8) is 0 Å². The molecule has 0 radical (unpaired) electrons. The Morgan fingerprint density at radius 2 is 2.54 bits per heavy atom. The molecule has 1 amide bonds. The molecule has 13 heavy (non-hydrogen) atoms. The van der Waals surface area contributed by atoms with Gasteiger partial charge in [0.15, 0.2) is 5.82 Å². The van der Waals surface area contributed by atoms with E-state index in [1.165, 1.54) is 6.26 Å². The van der Waals surface area contributed by atoms with Gasteiger partial charge in [-0.1, -0.05) is 12.1 Å². The van der Waals surface area contributed by atoms with Gasteiger partial charge >= 0.3 is 0 Å². The van der Waals surface area contributed by atoms with Gasteiger partial charge in [0.2, 0.25) is 5.91 Å². The smallest absolute Gasteiger partial charge is 0.231 e. The highest BCUT2D eigenvalue weighted by molar-refractivity contribution is 5.96. The van der Waals surface area contributed by atoms with Crippen LogP contribution in [0.3, 0.4) is 0 Å². The quantitative estimate of drug-likeness (QED) is 0.771. The van der Waals surface area contributed by atoms with Crippen LogP contribution in [0.1, 0.15) is 26.2 Å². The third-order valence-corrected chi connectivity index (χ3v) is 2.69. The van der Waals surface area contributed by atoms with Gasteiger partial charge < -0.3 is 9.84 Å². The normalized spacial score (nSPS) is 18.2. The van der Waals surface area contributed by atoms with E-state index >= 15 is 0 Å². The van der Waals surface area contributed by atoms with Crippen molar-refractivity contribution in [2.75, 3.05) is 5.32 Å². The monoisotopic (exact) mass is 180 g/mol. The molecule has 0 unspecified atom stereocenters. The molecule has 0 atom stereocenters. The summed E-state index contributed by atoms with van der Waals surface area (Å²) < 4.78 is 4.62. The van der Waals surface area contributed by atoms with Crippen LogP contribution in [-0.4, -0.2) is 11.1 Å². The van der Waals surface area contributed by atoms with E-state index in [2.05, 4.69) is 15.0 Å². The van der Waals surface area contributed by atoms with E-state index in [1.54, 1.807) is 6.07 Å². The van der Waals surface area contributed by atoms with Crippen LogP contribution in [0.25, 0.3) is 0 Å². The molecule has 1 aromatic rings. The molecular formula is C9H12N2O2. The standard InChI is InChI=1S/C9H12N2O2/c1-2-9(4-5-9)8(12)10-7-3-6-13-11-7/h3,6H,2,4-5H2,1H3,(H,10,11,12). The minimum Gasteiger partial charge on any atom is -0.363 e. The second-order valence-corrected chi connectivity index (χ2v) is 3.47. The molecule has 0 aromatic carbocycles. The van der Waals surface area contributed by atoms with Crippen molar-refractivity contribution in [2.24, 2.45) is 5.41 Å². The van der Waals surface area contributed by atoms with E-state index in [9.17, 15) is 4.79 Å². The zero-order valence-electron chi connectivity index (χ0n) is 7.54. The minimum absolute atomic E-state index is 0.0731. The molecule has 1 aliphatic rings. The van der Waals surface area contributed by atoms with Crippen LogP contribution in [0.2, 0.25) is 0 Å². The maximum atomic E-state index is 11.6. The van der Waals surface area contributed by atoms with Gasteiger partial charge in [-0.05, 0) is 19.3 Å². The van der Waals surface area contributed by atoms with Crippen LogP contribution in [-0.2, 0) is 4.79 Å². The highest BCUT2D eigenvalue weighted by Crippen LogP contribution is 2.49. The Labute approximate surface area is 76.3 Å². The van der Waals surface area contributed by atoms with Crippen LogP contribution in [0.15, 0.2) is 16.9 Å². The predicted molar refractivity (Wildman–Crippen MR) is 47.1 cm³/mol. The van der Waals surface area contributed by atoms with E-state index in [-0.39, 0.29) is 11.3 Å². The Bertz CT molecular complexity index is 301. The number of nitrogens with zero attached hydrogens (tertiary/aromatic N) is 1. The van der Waals surface area contributed by atoms with Crippen LogP contribution in [0.5, 0.6) is 0 Å². The maximum absolute atomic E-state index is 11.6. The molecule has 1 N–H and O–H groups in total. The molecule has 4 heteroatoms. The number of hydrogen-bond acceptors (Lipinski definition) is 3. The van der Waals surface area contributed by atoms with Gasteiger partial charge in [0.25, 0.3) is 0 Å². The highest BCUT2D eigenvalue weighted by Gasteiger charge is 2.48. The first-order valence-corrected chi connectivity index (χ1v) is 4.49. The molecule has 70 valence electrons. The zero-order chi connectivity index (χ0) is 9.31. The van der Waals surface area contributed by atoms with Crippen LogP contribution in [0.4, 0.5) is 5.82 Å². The van der Waals surface area contributed by atoms with Gasteiger partial charge in [0.05, 0.1) is 0 Å². The second-order valence-electron chi connectivity index (χ2n) is 3.47. The fraction of sp³-hybridized carbons (Fsp3) is 0.556. The molecule has 0 bridgehead atoms. The van der Waals surface area contributed by atoms with E-state index in [0.717, 1.165) is 19.3 Å². The van der Waals surface area contributed by atoms with Gasteiger partial charge in [-0.25, -0.2) is 0 Å². The molecule has 2 rings (SSSR count). The summed E-state index contributed by atoms with van der Waals surface area (Å²) in [4.78, 5) is 11.6. The van der Waals surface area contributed by atoms with Crippen molar-refractivity contribution in [2.45, 2.75) is 26.2 Å². The van der Waals surface area contributed by atoms with Crippen molar-refractivity contribution in [3.8, 4) is 0 Å². The first kappa shape index (κ1) is 8.29. The third kappa shape index (κ3) is 1.43. The van der Waals surface area contributed by atoms with Crippen molar-refractivity contribution >= 4 is 11.7 Å². The average Bonchev–Trinajstić information content (AvgIpc) is 2.79. The number of amides is 1. The van der Waals surface area contributed by atoms with Gasteiger partial charge in [-0.15, -0.1) is 0 Å². The molecule has 1 saturated carbocycles. The molecule has 0 saturated heterocycles. The van der Waals surface area contributed by atoms with E-state index < -0.39 is 0 Å². The lowest BCUT2D eigenvalue weighted by Crippen LogP contribution is -2.23. The fourth-order valence-electron chi connectivity index (χ4n) is 1.42. The molecule has 1 heterocycles. The average molecular weight is 180 g/mol. The fourth-order valence-corrected chi connectivity index (χ4v) is 1.42. The second kappa shape index (κ2) is 2.87. The third-order valence-electron chi connectivity index (χ3n) is 2.69. The lowest BCUT2D eigenvalue weighted by atomic mass is 10.0. The van der Waals surface area contributed by atoms with Crippen LogP contribution >= 0.6 is 0 Å². The van der Waals surface area contributed by atoms with Crippen molar-refractivity contribution in [1.82, 2.24) is 5.16 Å². The van der Waals surface area contributed by atoms with E-state index in [4.69, 9.17) is 0 Å². The van der Waals surface area contributed by atoms with E-state index in [0.29, 0.717) is 5.82 Å². The van der Waals surface area contributed by atoms with Crippen molar-refractivity contribution in [1.29, 1.82) is 0 Å². The zero-order valence-corrected chi connectivity index (χ0v) is 7.54. The maximum Gasteiger partial charge on any atom is 0.231 e. The molecule has 1 fully saturated rings. The van der Waals surface area contributed by atoms with Crippen molar-refractivity contribution < 1.29 is 9.32 Å². The van der Waals surface area contributed by atoms with Crippen LogP contribution < -0.4 is 5.32 Å². The Hall–Kier alpha value is -1.32. The number of nitrogens with one attached hydrogen (secondary N) is 1. The summed E-state index contributed by atoms with van der Waals surface area (Å²) in [7, 11) is 0. The summed E-state index contributed by atoms with van der Waals surface area (Å²) in [6, 6.07) is 1.64. The summed E-state index contributed by atoms with van der Waals surface area (Å²) in [6.07, 6.45) is 4.33. The number of hydrogen-bond donors (Lipinski definition) is 1. The summed E-state index contributed by atoms with van der Waals surface area (Å²) in [6.45, 7) is 2.04. The van der Waals surface area contributed by atoms with Gasteiger partial charge in [-0.3, -0.25) is 4.79 Å². The topological polar surface area (TPSA) is 55.1 Å². The molecule has 0 spiro atoms. The SMILES string of the molecule is CCC1(C(=O)Nc2ccon2)CC1. The predicted octanol–water partition coefficient (Wildman–Crippen LogP) is 1.80. The molecule has 1 aromatic heterocycles. The summed E-state index contributed by atoms with van der Waals surface area (Å²) in [5.41, 5.74) is -0.112. The molecular weight excluding hydrogens is 168 g/mol. The Balaban J connectivity index is 2.00. The number of carbonyl (C=O) groups is 1. The first-order valence-electron chi connectivity index (χ1n) is 4.49. The number of carbonyl (C=O) groups excluding carboxylic acids is 1. The largest absolute Gasteiger partial charge is 0.363 e. The summed E-state index contributed by atoms with van der Waals surface area (Å²) >= 11 is 0. The minimum atomic E-state index is -0.112.